The van der Waals surface area contributed by atoms with Crippen LogP contribution >= 0.6 is 0 Å². The second-order valence-electron chi connectivity index (χ2n) is 6.55. The van der Waals surface area contributed by atoms with E-state index in [4.69, 9.17) is 4.74 Å². The maximum Gasteiger partial charge on any atom is 0.183 e. The lowest BCUT2D eigenvalue weighted by Crippen LogP contribution is -2.35. The van der Waals surface area contributed by atoms with Crippen molar-refractivity contribution in [3.8, 4) is 11.8 Å². The molecule has 128 valence electrons. The van der Waals surface area contributed by atoms with E-state index in [0.717, 1.165) is 54.4 Å². The minimum atomic E-state index is 0.336. The van der Waals surface area contributed by atoms with Gasteiger partial charge in [0.2, 0.25) is 0 Å². The van der Waals surface area contributed by atoms with Gasteiger partial charge in [0.25, 0.3) is 0 Å². The molecule has 1 aliphatic rings. The summed E-state index contributed by atoms with van der Waals surface area (Å²) in [4.78, 5) is 14.3. The summed E-state index contributed by atoms with van der Waals surface area (Å²) >= 11 is 0. The first-order valence-corrected chi connectivity index (χ1v) is 8.80. The van der Waals surface area contributed by atoms with Crippen LogP contribution in [0.3, 0.4) is 0 Å². The fourth-order valence-corrected chi connectivity index (χ4v) is 3.58. The number of aromatic nitrogens is 3. The van der Waals surface area contributed by atoms with E-state index in [1.807, 2.05) is 12.1 Å². The van der Waals surface area contributed by atoms with Crippen LogP contribution in [-0.4, -0.2) is 46.1 Å². The van der Waals surface area contributed by atoms with Crippen molar-refractivity contribution < 1.29 is 4.74 Å². The molecular formula is C19H21N5O. The van der Waals surface area contributed by atoms with E-state index in [1.54, 1.807) is 12.4 Å². The molecule has 4 heterocycles. The van der Waals surface area contributed by atoms with E-state index in [2.05, 4.69) is 32.8 Å². The summed E-state index contributed by atoms with van der Waals surface area (Å²) in [6.45, 7) is 6.18. The highest BCUT2D eigenvalue weighted by molar-refractivity contribution is 6.09. The Bertz CT molecular complexity index is 934. The number of likely N-dealkylation sites (tertiary alicyclic amines) is 1. The topological polar surface area (TPSA) is 77.8 Å². The smallest absolute Gasteiger partial charge is 0.183 e. The number of hydrogen-bond donors (Lipinski definition) is 1. The third kappa shape index (κ3) is 2.92. The molecular weight excluding hydrogens is 314 g/mol. The predicted octanol–water partition coefficient (Wildman–Crippen LogP) is 3.09. The fourth-order valence-electron chi connectivity index (χ4n) is 3.58. The zero-order chi connectivity index (χ0) is 17.2. The number of hydrogen-bond acceptors (Lipinski definition) is 5. The second-order valence-corrected chi connectivity index (χ2v) is 6.55. The molecule has 0 radical (unpaired) electrons. The lowest BCUT2D eigenvalue weighted by molar-refractivity contribution is 0.146. The monoisotopic (exact) mass is 335 g/mol. The molecule has 0 atom stereocenters. The molecule has 0 bridgehead atoms. The zero-order valence-corrected chi connectivity index (χ0v) is 14.3. The number of piperidine rings is 1. The Kier molecular flexibility index (Phi) is 4.24. The third-order valence-corrected chi connectivity index (χ3v) is 5.09. The lowest BCUT2D eigenvalue weighted by atomic mass is 9.98. The van der Waals surface area contributed by atoms with E-state index in [-0.39, 0.29) is 0 Å². The van der Waals surface area contributed by atoms with Gasteiger partial charge in [-0.15, -0.1) is 0 Å². The minimum absolute atomic E-state index is 0.336. The van der Waals surface area contributed by atoms with Crippen molar-refractivity contribution >= 4 is 21.9 Å². The van der Waals surface area contributed by atoms with Gasteiger partial charge in [0.1, 0.15) is 11.7 Å². The average Bonchev–Trinajstić information content (AvgIpc) is 3.05. The highest BCUT2D eigenvalue weighted by Crippen LogP contribution is 2.34. The molecule has 3 aromatic heterocycles. The Hall–Kier alpha value is -2.65. The minimum Gasteiger partial charge on any atom is -0.490 e. The molecule has 1 N–H and O–H groups in total. The molecule has 0 saturated carbocycles. The molecule has 25 heavy (non-hydrogen) atoms. The van der Waals surface area contributed by atoms with Gasteiger partial charge in [0.05, 0.1) is 23.7 Å². The predicted molar refractivity (Wildman–Crippen MR) is 96.4 cm³/mol. The van der Waals surface area contributed by atoms with Gasteiger partial charge in [-0.1, -0.05) is 6.92 Å². The van der Waals surface area contributed by atoms with Crippen molar-refractivity contribution in [1.29, 1.82) is 5.26 Å². The number of rotatable bonds is 4. The van der Waals surface area contributed by atoms with E-state index in [1.165, 1.54) is 0 Å². The quantitative estimate of drug-likeness (QED) is 0.793. The molecule has 4 rings (SSSR count). The van der Waals surface area contributed by atoms with Crippen LogP contribution in [0.15, 0.2) is 24.5 Å². The molecule has 1 fully saturated rings. The fraction of sp³-hybridized carbons (Fsp3) is 0.421. The molecule has 0 unspecified atom stereocenters. The Morgan fingerprint density at radius 1 is 1.36 bits per heavy atom. The van der Waals surface area contributed by atoms with Crippen molar-refractivity contribution in [2.24, 2.45) is 5.92 Å². The van der Waals surface area contributed by atoms with Crippen LogP contribution in [0.4, 0.5) is 0 Å². The molecule has 3 aromatic rings. The summed E-state index contributed by atoms with van der Waals surface area (Å²) in [6, 6.07) is 6.06. The number of aromatic amines is 1. The van der Waals surface area contributed by atoms with Gasteiger partial charge in [-0.05, 0) is 50.5 Å². The maximum absolute atomic E-state index is 9.47. The molecule has 0 amide bonds. The summed E-state index contributed by atoms with van der Waals surface area (Å²) in [5.41, 5.74) is 1.97. The first-order valence-electron chi connectivity index (χ1n) is 8.80. The molecule has 6 nitrogen and oxygen atoms in total. The number of nitrogens with one attached hydrogen (secondary N) is 1. The second kappa shape index (κ2) is 6.69. The first kappa shape index (κ1) is 15.9. The van der Waals surface area contributed by atoms with Crippen molar-refractivity contribution in [3.63, 3.8) is 0 Å². The van der Waals surface area contributed by atoms with Crippen LogP contribution in [0.1, 0.15) is 25.5 Å². The van der Waals surface area contributed by atoms with Crippen molar-refractivity contribution in [2.45, 2.75) is 19.8 Å². The summed E-state index contributed by atoms with van der Waals surface area (Å²) < 4.78 is 6.16. The van der Waals surface area contributed by atoms with Gasteiger partial charge < -0.3 is 14.6 Å². The molecule has 0 spiro atoms. The van der Waals surface area contributed by atoms with Crippen LogP contribution in [0.5, 0.6) is 5.75 Å². The Labute approximate surface area is 146 Å². The number of H-pyrrole nitrogens is 1. The van der Waals surface area contributed by atoms with E-state index >= 15 is 0 Å². The van der Waals surface area contributed by atoms with Crippen molar-refractivity contribution in [2.75, 3.05) is 26.2 Å². The summed E-state index contributed by atoms with van der Waals surface area (Å²) in [7, 11) is 0. The molecule has 6 heteroatoms. The number of fused-ring (bicyclic) bond motifs is 3. The number of pyridine rings is 2. The highest BCUT2D eigenvalue weighted by Gasteiger charge is 2.21. The average molecular weight is 335 g/mol. The first-order chi connectivity index (χ1) is 12.3. The van der Waals surface area contributed by atoms with Crippen molar-refractivity contribution in [1.82, 2.24) is 19.9 Å². The van der Waals surface area contributed by atoms with Crippen LogP contribution in [-0.2, 0) is 0 Å². The van der Waals surface area contributed by atoms with Crippen molar-refractivity contribution in [3.05, 3.63) is 30.2 Å². The summed E-state index contributed by atoms with van der Waals surface area (Å²) in [5, 5.41) is 11.3. The van der Waals surface area contributed by atoms with Gasteiger partial charge in [0.15, 0.2) is 11.4 Å². The number of nitrogens with zero attached hydrogens (tertiary/aromatic N) is 4. The standard InChI is InChI=1S/C19H21N5O/c1-2-24-8-5-13(6-9-24)12-25-18-15(10-20)22-11-16-17(18)14-4-3-7-21-19(14)23-16/h3-4,7,11,13H,2,5-6,8-9,12H2,1H3,(H,21,23). The zero-order valence-electron chi connectivity index (χ0n) is 14.3. The molecule has 1 saturated heterocycles. The highest BCUT2D eigenvalue weighted by atomic mass is 16.5. The van der Waals surface area contributed by atoms with Gasteiger partial charge in [0, 0.05) is 11.6 Å². The molecule has 1 aliphatic heterocycles. The largest absolute Gasteiger partial charge is 0.490 e. The van der Waals surface area contributed by atoms with E-state index in [0.29, 0.717) is 24.0 Å². The van der Waals surface area contributed by atoms with E-state index in [9.17, 15) is 5.26 Å². The van der Waals surface area contributed by atoms with Gasteiger partial charge in [-0.2, -0.15) is 5.26 Å². The van der Waals surface area contributed by atoms with E-state index < -0.39 is 0 Å². The number of nitriles is 1. The Morgan fingerprint density at radius 2 is 2.20 bits per heavy atom. The molecule has 0 aliphatic carbocycles. The number of ether oxygens (including phenoxy) is 1. The third-order valence-electron chi connectivity index (χ3n) is 5.09. The van der Waals surface area contributed by atoms with Crippen LogP contribution in [0, 0.1) is 17.2 Å². The Balaban J connectivity index is 1.65. The van der Waals surface area contributed by atoms with Crippen LogP contribution in [0.2, 0.25) is 0 Å². The molecule has 0 aromatic carbocycles. The van der Waals surface area contributed by atoms with Gasteiger partial charge in [-0.3, -0.25) is 0 Å². The van der Waals surface area contributed by atoms with Crippen LogP contribution in [0.25, 0.3) is 21.9 Å². The Morgan fingerprint density at radius 3 is 2.96 bits per heavy atom. The lowest BCUT2D eigenvalue weighted by Gasteiger charge is -2.30. The summed E-state index contributed by atoms with van der Waals surface area (Å²) in [5.74, 6) is 1.10. The summed E-state index contributed by atoms with van der Waals surface area (Å²) in [6.07, 6.45) is 5.70. The maximum atomic E-state index is 9.47. The van der Waals surface area contributed by atoms with Gasteiger partial charge >= 0.3 is 0 Å². The SMILES string of the molecule is CCN1CCC(COc2c(C#N)ncc3[nH]c4ncccc4c23)CC1. The van der Waals surface area contributed by atoms with Crippen LogP contribution < -0.4 is 4.74 Å². The normalized spacial score (nSPS) is 16.3. The van der Waals surface area contributed by atoms with Gasteiger partial charge in [-0.25, -0.2) is 9.97 Å².